The first-order valence-corrected chi connectivity index (χ1v) is 7.83. The maximum absolute atomic E-state index is 4.83. The molecule has 0 unspecified atom stereocenters. The molecule has 0 amide bonds. The Bertz CT molecular complexity index is 393. The molecule has 1 saturated carbocycles. The minimum absolute atomic E-state index is 0.463. The normalized spacial score (nSPS) is 17.5. The summed E-state index contributed by atoms with van der Waals surface area (Å²) >= 11 is 0. The fraction of sp³-hybridized carbons (Fsp3) is 0.750. The van der Waals surface area contributed by atoms with Crippen LogP contribution in [0.25, 0.3) is 0 Å². The molecule has 1 aromatic heterocycles. The predicted molar refractivity (Wildman–Crippen MR) is 80.7 cm³/mol. The lowest BCUT2D eigenvalue weighted by molar-refractivity contribution is 0.556. The van der Waals surface area contributed by atoms with E-state index in [9.17, 15) is 0 Å². The Morgan fingerprint density at radius 3 is 2.42 bits per heavy atom. The molecule has 0 aromatic carbocycles. The van der Waals surface area contributed by atoms with Crippen LogP contribution in [0.4, 0.5) is 5.82 Å². The van der Waals surface area contributed by atoms with Gasteiger partial charge in [0.25, 0.3) is 0 Å². The minimum atomic E-state index is 0.463. The zero-order chi connectivity index (χ0) is 13.7. The van der Waals surface area contributed by atoms with Crippen molar-refractivity contribution in [2.75, 3.05) is 11.9 Å². The van der Waals surface area contributed by atoms with E-state index >= 15 is 0 Å². The molecular formula is C16H27N3. The molecule has 1 fully saturated rings. The predicted octanol–water partition coefficient (Wildman–Crippen LogP) is 4.47. The van der Waals surface area contributed by atoms with E-state index in [4.69, 9.17) is 9.97 Å². The number of hydrogen-bond acceptors (Lipinski definition) is 3. The van der Waals surface area contributed by atoms with Gasteiger partial charge in [0.2, 0.25) is 0 Å². The van der Waals surface area contributed by atoms with Gasteiger partial charge in [-0.2, -0.15) is 0 Å². The van der Waals surface area contributed by atoms with Gasteiger partial charge in [-0.3, -0.25) is 0 Å². The van der Waals surface area contributed by atoms with Crippen LogP contribution in [0.1, 0.15) is 82.7 Å². The van der Waals surface area contributed by atoms with Crippen LogP contribution < -0.4 is 5.32 Å². The zero-order valence-electron chi connectivity index (χ0n) is 12.6. The average Bonchev–Trinajstić information content (AvgIpc) is 2.67. The van der Waals surface area contributed by atoms with Crippen molar-refractivity contribution in [2.24, 2.45) is 0 Å². The first-order valence-electron chi connectivity index (χ1n) is 7.83. The van der Waals surface area contributed by atoms with Gasteiger partial charge in [0.15, 0.2) is 0 Å². The Morgan fingerprint density at radius 1 is 1.16 bits per heavy atom. The second kappa shape index (κ2) is 6.88. The van der Waals surface area contributed by atoms with E-state index in [0.29, 0.717) is 11.8 Å². The number of rotatable bonds is 4. The number of nitrogens with zero attached hydrogens (tertiary/aromatic N) is 2. The molecule has 0 radical (unpaired) electrons. The lowest BCUT2D eigenvalue weighted by Crippen LogP contribution is -2.10. The molecule has 1 aliphatic rings. The fourth-order valence-corrected chi connectivity index (χ4v) is 2.77. The van der Waals surface area contributed by atoms with Crippen LogP contribution in [0.2, 0.25) is 0 Å². The van der Waals surface area contributed by atoms with Crippen LogP contribution in [0.15, 0.2) is 6.07 Å². The van der Waals surface area contributed by atoms with Gasteiger partial charge in [-0.1, -0.05) is 39.5 Å². The molecule has 0 aliphatic heterocycles. The van der Waals surface area contributed by atoms with Crippen molar-refractivity contribution in [3.63, 3.8) is 0 Å². The Labute approximate surface area is 117 Å². The van der Waals surface area contributed by atoms with Crippen molar-refractivity contribution in [1.29, 1.82) is 0 Å². The number of nitrogens with one attached hydrogen (secondary N) is 1. The smallest absolute Gasteiger partial charge is 0.134 e. The third-order valence-electron chi connectivity index (χ3n) is 3.93. The first-order chi connectivity index (χ1) is 9.20. The number of hydrogen-bond donors (Lipinski definition) is 1. The molecule has 1 aliphatic carbocycles. The molecule has 19 heavy (non-hydrogen) atoms. The fourth-order valence-electron chi connectivity index (χ4n) is 2.77. The van der Waals surface area contributed by atoms with Crippen LogP contribution in [0, 0.1) is 0 Å². The maximum Gasteiger partial charge on any atom is 0.134 e. The number of aromatic nitrogens is 2. The minimum Gasteiger partial charge on any atom is -0.370 e. The molecule has 0 atom stereocenters. The summed E-state index contributed by atoms with van der Waals surface area (Å²) in [5.74, 6) is 3.10. The van der Waals surface area contributed by atoms with E-state index in [1.165, 1.54) is 44.2 Å². The Balaban J connectivity index is 2.26. The molecule has 0 saturated heterocycles. The van der Waals surface area contributed by atoms with E-state index in [2.05, 4.69) is 32.2 Å². The highest BCUT2D eigenvalue weighted by atomic mass is 15.0. The Hall–Kier alpha value is -1.12. The van der Waals surface area contributed by atoms with Crippen molar-refractivity contribution < 1.29 is 0 Å². The van der Waals surface area contributed by atoms with Crippen LogP contribution in [-0.2, 0) is 0 Å². The molecule has 106 valence electrons. The summed E-state index contributed by atoms with van der Waals surface area (Å²) in [5, 5.41) is 3.35. The van der Waals surface area contributed by atoms with Gasteiger partial charge < -0.3 is 5.32 Å². The molecule has 0 spiro atoms. The monoisotopic (exact) mass is 261 g/mol. The summed E-state index contributed by atoms with van der Waals surface area (Å²) in [7, 11) is 0. The lowest BCUT2D eigenvalue weighted by atomic mass is 9.99. The molecule has 3 heteroatoms. The topological polar surface area (TPSA) is 37.8 Å². The summed E-state index contributed by atoms with van der Waals surface area (Å²) < 4.78 is 0. The summed E-state index contributed by atoms with van der Waals surface area (Å²) in [6, 6.07) is 2.11. The highest BCUT2D eigenvalue weighted by molar-refractivity contribution is 5.37. The van der Waals surface area contributed by atoms with Crippen LogP contribution in [-0.4, -0.2) is 16.5 Å². The lowest BCUT2D eigenvalue weighted by Gasteiger charge is -2.16. The van der Waals surface area contributed by atoms with E-state index in [1.807, 2.05) is 0 Å². The zero-order valence-corrected chi connectivity index (χ0v) is 12.6. The van der Waals surface area contributed by atoms with Crippen LogP contribution in [0.5, 0.6) is 0 Å². The van der Waals surface area contributed by atoms with Gasteiger partial charge in [0.1, 0.15) is 11.6 Å². The molecule has 1 N–H and O–H groups in total. The highest BCUT2D eigenvalue weighted by Gasteiger charge is 2.19. The molecule has 1 aromatic rings. The van der Waals surface area contributed by atoms with Gasteiger partial charge in [0.05, 0.1) is 0 Å². The summed E-state index contributed by atoms with van der Waals surface area (Å²) in [5.41, 5.74) is 1.17. The van der Waals surface area contributed by atoms with Crippen molar-refractivity contribution in [1.82, 2.24) is 9.97 Å². The van der Waals surface area contributed by atoms with Gasteiger partial charge in [-0.15, -0.1) is 0 Å². The van der Waals surface area contributed by atoms with E-state index in [1.54, 1.807) is 0 Å². The van der Waals surface area contributed by atoms with Crippen molar-refractivity contribution in [3.8, 4) is 0 Å². The van der Waals surface area contributed by atoms with Gasteiger partial charge >= 0.3 is 0 Å². The van der Waals surface area contributed by atoms with Crippen molar-refractivity contribution in [2.45, 2.75) is 71.1 Å². The first kappa shape index (κ1) is 14.3. The third-order valence-corrected chi connectivity index (χ3v) is 3.93. The largest absolute Gasteiger partial charge is 0.370 e. The van der Waals surface area contributed by atoms with Crippen molar-refractivity contribution in [3.05, 3.63) is 17.6 Å². The van der Waals surface area contributed by atoms with Crippen molar-refractivity contribution >= 4 is 5.82 Å². The second-order valence-electron chi connectivity index (χ2n) is 5.91. The van der Waals surface area contributed by atoms with Crippen LogP contribution in [0.3, 0.4) is 0 Å². The quantitative estimate of drug-likeness (QED) is 0.813. The summed E-state index contributed by atoms with van der Waals surface area (Å²) in [6.45, 7) is 7.44. The summed E-state index contributed by atoms with van der Waals surface area (Å²) in [4.78, 5) is 9.58. The molecule has 3 nitrogen and oxygen atoms in total. The molecular weight excluding hydrogens is 234 g/mol. The average molecular weight is 261 g/mol. The van der Waals surface area contributed by atoms with E-state index in [0.717, 1.165) is 18.2 Å². The van der Waals surface area contributed by atoms with Gasteiger partial charge in [0, 0.05) is 24.2 Å². The van der Waals surface area contributed by atoms with Gasteiger partial charge in [-0.25, -0.2) is 9.97 Å². The second-order valence-corrected chi connectivity index (χ2v) is 5.91. The molecule has 1 heterocycles. The maximum atomic E-state index is 4.83. The molecule has 2 rings (SSSR count). The highest BCUT2D eigenvalue weighted by Crippen LogP contribution is 2.31. The third kappa shape index (κ3) is 3.92. The van der Waals surface area contributed by atoms with Gasteiger partial charge in [-0.05, 0) is 25.7 Å². The SMILES string of the molecule is CCNc1cc(C(C)C)nc(C2CCCCCC2)n1. The Kier molecular flexibility index (Phi) is 5.17. The Morgan fingerprint density at radius 2 is 1.84 bits per heavy atom. The van der Waals surface area contributed by atoms with Crippen LogP contribution >= 0.6 is 0 Å². The van der Waals surface area contributed by atoms with E-state index < -0.39 is 0 Å². The standard InChI is InChI=1S/C16H27N3/c1-4-17-15-11-14(12(2)3)18-16(19-15)13-9-7-5-6-8-10-13/h11-13H,4-10H2,1-3H3,(H,17,18,19). The van der Waals surface area contributed by atoms with E-state index in [-0.39, 0.29) is 0 Å². The summed E-state index contributed by atoms with van der Waals surface area (Å²) in [6.07, 6.45) is 7.92. The number of anilines is 1. The molecule has 0 bridgehead atoms.